The van der Waals surface area contributed by atoms with E-state index in [0.29, 0.717) is 6.61 Å². The molecule has 3 nitrogen and oxygen atoms in total. The lowest BCUT2D eigenvalue weighted by atomic mass is 9.95. The predicted octanol–water partition coefficient (Wildman–Crippen LogP) is 1.61. The van der Waals surface area contributed by atoms with Crippen molar-refractivity contribution in [3.05, 3.63) is 29.3 Å². The van der Waals surface area contributed by atoms with Crippen LogP contribution in [0.2, 0.25) is 0 Å². The third-order valence-corrected chi connectivity index (χ3v) is 2.72. The van der Waals surface area contributed by atoms with Gasteiger partial charge < -0.3 is 15.2 Å². The van der Waals surface area contributed by atoms with E-state index >= 15 is 0 Å². The van der Waals surface area contributed by atoms with Gasteiger partial charge in [-0.05, 0) is 30.2 Å². The first-order chi connectivity index (χ1) is 6.72. The van der Waals surface area contributed by atoms with Gasteiger partial charge in [-0.3, -0.25) is 0 Å². The lowest BCUT2D eigenvalue weighted by Gasteiger charge is -2.29. The first-order valence-electron chi connectivity index (χ1n) is 4.76. The second kappa shape index (κ2) is 3.59. The maximum absolute atomic E-state index is 6.03. The zero-order chi connectivity index (χ0) is 10.1. The molecule has 0 aromatic heterocycles. The van der Waals surface area contributed by atoms with Crippen LogP contribution < -0.4 is 10.5 Å². The Hall–Kier alpha value is -1.06. The zero-order valence-electron chi connectivity index (χ0n) is 8.49. The lowest BCUT2D eigenvalue weighted by Crippen LogP contribution is -2.31. The van der Waals surface area contributed by atoms with Gasteiger partial charge in [0.25, 0.3) is 0 Å². The Morgan fingerprint density at radius 2 is 2.29 bits per heavy atom. The van der Waals surface area contributed by atoms with Gasteiger partial charge >= 0.3 is 0 Å². The Kier molecular flexibility index (Phi) is 2.44. The number of nitrogens with two attached hydrogens (primary N) is 1. The number of hydrogen-bond donors (Lipinski definition) is 1. The molecule has 0 unspecified atom stereocenters. The molecule has 0 fully saturated rings. The van der Waals surface area contributed by atoms with Gasteiger partial charge in [-0.25, -0.2) is 0 Å². The van der Waals surface area contributed by atoms with Crippen LogP contribution in [0.1, 0.15) is 24.1 Å². The maximum Gasteiger partial charge on any atom is 0.119 e. The SMILES string of the molecule is COc1ccc2c(c1)[C@H](N)[C@H](C)OC2. The van der Waals surface area contributed by atoms with Crippen LogP contribution in [0.25, 0.3) is 0 Å². The molecule has 14 heavy (non-hydrogen) atoms. The summed E-state index contributed by atoms with van der Waals surface area (Å²) in [5, 5.41) is 0. The summed E-state index contributed by atoms with van der Waals surface area (Å²) in [6, 6.07) is 5.90. The van der Waals surface area contributed by atoms with Gasteiger partial charge in [-0.2, -0.15) is 0 Å². The molecule has 1 aromatic carbocycles. The topological polar surface area (TPSA) is 44.5 Å². The Morgan fingerprint density at radius 1 is 1.50 bits per heavy atom. The molecule has 0 saturated carbocycles. The Morgan fingerprint density at radius 3 is 3.00 bits per heavy atom. The standard InChI is InChI=1S/C11H15NO2/c1-7-11(12)10-5-9(13-2)4-3-8(10)6-14-7/h3-5,7,11H,6,12H2,1-2H3/t7-,11+/m0/s1. The fourth-order valence-electron chi connectivity index (χ4n) is 1.72. The molecule has 3 heteroatoms. The van der Waals surface area contributed by atoms with Crippen LogP contribution in [0, 0.1) is 0 Å². The van der Waals surface area contributed by atoms with Crippen molar-refractivity contribution < 1.29 is 9.47 Å². The van der Waals surface area contributed by atoms with E-state index in [2.05, 4.69) is 0 Å². The van der Waals surface area contributed by atoms with E-state index in [1.165, 1.54) is 0 Å². The molecular weight excluding hydrogens is 178 g/mol. The van der Waals surface area contributed by atoms with Crippen molar-refractivity contribution in [2.75, 3.05) is 7.11 Å². The Balaban J connectivity index is 2.41. The summed E-state index contributed by atoms with van der Waals surface area (Å²) in [7, 11) is 1.66. The van der Waals surface area contributed by atoms with Gasteiger partial charge in [0.2, 0.25) is 0 Å². The molecular formula is C11H15NO2. The molecule has 1 aliphatic heterocycles. The molecule has 0 aliphatic carbocycles. The minimum atomic E-state index is -0.0474. The van der Waals surface area contributed by atoms with Crippen molar-refractivity contribution in [3.63, 3.8) is 0 Å². The molecule has 0 radical (unpaired) electrons. The van der Waals surface area contributed by atoms with E-state index in [1.807, 2.05) is 25.1 Å². The molecule has 0 bridgehead atoms. The van der Waals surface area contributed by atoms with E-state index in [4.69, 9.17) is 15.2 Å². The van der Waals surface area contributed by atoms with E-state index in [9.17, 15) is 0 Å². The van der Waals surface area contributed by atoms with Crippen LogP contribution >= 0.6 is 0 Å². The van der Waals surface area contributed by atoms with Gasteiger partial charge in [0.1, 0.15) is 5.75 Å². The average Bonchev–Trinajstić information content (AvgIpc) is 2.23. The highest BCUT2D eigenvalue weighted by molar-refractivity contribution is 5.38. The first kappa shape index (κ1) is 9.49. The number of benzene rings is 1. The van der Waals surface area contributed by atoms with Crippen molar-refractivity contribution >= 4 is 0 Å². The molecule has 0 amide bonds. The van der Waals surface area contributed by atoms with E-state index in [0.717, 1.165) is 16.9 Å². The number of ether oxygens (including phenoxy) is 2. The van der Waals surface area contributed by atoms with Gasteiger partial charge in [0, 0.05) is 0 Å². The van der Waals surface area contributed by atoms with E-state index in [1.54, 1.807) is 7.11 Å². The monoisotopic (exact) mass is 193 g/mol. The molecule has 2 rings (SSSR count). The third-order valence-electron chi connectivity index (χ3n) is 2.72. The summed E-state index contributed by atoms with van der Waals surface area (Å²) < 4.78 is 10.7. The highest BCUT2D eigenvalue weighted by atomic mass is 16.5. The summed E-state index contributed by atoms with van der Waals surface area (Å²) in [5.74, 6) is 0.855. The van der Waals surface area contributed by atoms with Crippen molar-refractivity contribution in [3.8, 4) is 5.75 Å². The fraction of sp³-hybridized carbons (Fsp3) is 0.455. The summed E-state index contributed by atoms with van der Waals surface area (Å²) in [5.41, 5.74) is 8.34. The average molecular weight is 193 g/mol. The smallest absolute Gasteiger partial charge is 0.119 e. The number of fused-ring (bicyclic) bond motifs is 1. The minimum absolute atomic E-state index is 0.0474. The number of rotatable bonds is 1. The van der Waals surface area contributed by atoms with Crippen molar-refractivity contribution in [2.45, 2.75) is 25.7 Å². The van der Waals surface area contributed by atoms with Crippen LogP contribution in [0.5, 0.6) is 5.75 Å². The summed E-state index contributed by atoms with van der Waals surface area (Å²) in [6.07, 6.45) is 0.0783. The van der Waals surface area contributed by atoms with Gasteiger partial charge in [0.15, 0.2) is 0 Å². The van der Waals surface area contributed by atoms with Crippen molar-refractivity contribution in [1.82, 2.24) is 0 Å². The zero-order valence-corrected chi connectivity index (χ0v) is 8.49. The van der Waals surface area contributed by atoms with E-state index in [-0.39, 0.29) is 12.1 Å². The highest BCUT2D eigenvalue weighted by Gasteiger charge is 2.24. The normalized spacial score (nSPS) is 25.6. The molecule has 2 atom stereocenters. The molecule has 76 valence electrons. The van der Waals surface area contributed by atoms with Crippen LogP contribution in [0.3, 0.4) is 0 Å². The van der Waals surface area contributed by atoms with Crippen LogP contribution in [-0.4, -0.2) is 13.2 Å². The second-order valence-electron chi connectivity index (χ2n) is 3.61. The number of methoxy groups -OCH3 is 1. The predicted molar refractivity (Wildman–Crippen MR) is 54.2 cm³/mol. The van der Waals surface area contributed by atoms with Crippen molar-refractivity contribution in [1.29, 1.82) is 0 Å². The maximum atomic E-state index is 6.03. The summed E-state index contributed by atoms with van der Waals surface area (Å²) in [6.45, 7) is 2.64. The molecule has 2 N–H and O–H groups in total. The molecule has 0 saturated heterocycles. The van der Waals surface area contributed by atoms with Crippen molar-refractivity contribution in [2.24, 2.45) is 5.73 Å². The minimum Gasteiger partial charge on any atom is -0.497 e. The molecule has 0 spiro atoms. The fourth-order valence-corrected chi connectivity index (χ4v) is 1.72. The Bertz CT molecular complexity index is 338. The van der Waals surface area contributed by atoms with Crippen LogP contribution in [0.15, 0.2) is 18.2 Å². The summed E-state index contributed by atoms with van der Waals surface area (Å²) in [4.78, 5) is 0. The van der Waals surface area contributed by atoms with Gasteiger partial charge in [0.05, 0.1) is 25.9 Å². The third kappa shape index (κ3) is 1.49. The summed E-state index contributed by atoms with van der Waals surface area (Å²) >= 11 is 0. The highest BCUT2D eigenvalue weighted by Crippen LogP contribution is 2.30. The quantitative estimate of drug-likeness (QED) is 0.737. The molecule has 1 aromatic rings. The Labute approximate surface area is 83.8 Å². The van der Waals surface area contributed by atoms with Crippen LogP contribution in [-0.2, 0) is 11.3 Å². The largest absolute Gasteiger partial charge is 0.497 e. The molecule has 1 heterocycles. The lowest BCUT2D eigenvalue weighted by molar-refractivity contribution is 0.0213. The van der Waals surface area contributed by atoms with Gasteiger partial charge in [-0.15, -0.1) is 0 Å². The molecule has 1 aliphatic rings. The van der Waals surface area contributed by atoms with Gasteiger partial charge in [-0.1, -0.05) is 6.07 Å². The van der Waals surface area contributed by atoms with Crippen LogP contribution in [0.4, 0.5) is 0 Å². The van der Waals surface area contributed by atoms with E-state index < -0.39 is 0 Å². The second-order valence-corrected chi connectivity index (χ2v) is 3.61. The number of hydrogen-bond acceptors (Lipinski definition) is 3. The first-order valence-corrected chi connectivity index (χ1v) is 4.76.